The van der Waals surface area contributed by atoms with Crippen molar-refractivity contribution < 1.29 is 14.6 Å². The average Bonchev–Trinajstić information content (AvgIpc) is 2.54. The number of aliphatic hydroxyl groups is 1. The summed E-state index contributed by atoms with van der Waals surface area (Å²) in [7, 11) is 0. The van der Waals surface area contributed by atoms with E-state index in [2.05, 4.69) is 27.4 Å². The average molecular weight is 330 g/mol. The second kappa shape index (κ2) is 7.98. The zero-order valence-electron chi connectivity index (χ0n) is 15.3. The molecule has 1 aromatic rings. The zero-order valence-corrected chi connectivity index (χ0v) is 15.3. The van der Waals surface area contributed by atoms with Gasteiger partial charge in [-0.05, 0) is 43.1 Å². The van der Waals surface area contributed by atoms with Gasteiger partial charge in [0.2, 0.25) is 0 Å². The van der Waals surface area contributed by atoms with Gasteiger partial charge in [-0.3, -0.25) is 0 Å². The fourth-order valence-electron chi connectivity index (χ4n) is 3.52. The van der Waals surface area contributed by atoms with E-state index in [1.54, 1.807) is 0 Å². The highest BCUT2D eigenvalue weighted by Crippen LogP contribution is 2.36. The van der Waals surface area contributed by atoms with Gasteiger partial charge in [-0.1, -0.05) is 63.6 Å². The Hall–Kier alpha value is -1.61. The Bertz CT molecular complexity index is 573. The second-order valence-corrected chi connectivity index (χ2v) is 7.61. The number of benzene rings is 1. The first-order valence-corrected chi connectivity index (χ1v) is 8.94. The third kappa shape index (κ3) is 4.47. The SMILES string of the molecule is C=C(C(=O)O[C@@H]1C[C@H](C)CC[C@H]1C(C)C)[C@H](O)c1ccc(C)cc1. The fourth-order valence-corrected chi connectivity index (χ4v) is 3.52. The molecule has 0 heterocycles. The standard InChI is InChI=1S/C21H30O3/c1-13(2)18-11-8-15(4)12-19(18)24-21(23)16(5)20(22)17-9-6-14(3)7-10-17/h6-7,9-10,13,15,18-20,22H,5,8,11-12H2,1-4H3/t15-,18+,19-,20+/m1/s1. The molecule has 0 saturated heterocycles. The van der Waals surface area contributed by atoms with Gasteiger partial charge in [0.15, 0.2) is 0 Å². The van der Waals surface area contributed by atoms with E-state index in [0.29, 0.717) is 23.3 Å². The van der Waals surface area contributed by atoms with Gasteiger partial charge in [0.25, 0.3) is 0 Å². The molecule has 1 aliphatic rings. The van der Waals surface area contributed by atoms with E-state index in [-0.39, 0.29) is 11.7 Å². The van der Waals surface area contributed by atoms with Gasteiger partial charge in [-0.2, -0.15) is 0 Å². The molecular weight excluding hydrogens is 300 g/mol. The predicted molar refractivity (Wildman–Crippen MR) is 96.5 cm³/mol. The molecule has 1 aromatic carbocycles. The van der Waals surface area contributed by atoms with Crippen LogP contribution in [-0.2, 0) is 9.53 Å². The van der Waals surface area contributed by atoms with Crippen LogP contribution in [0.2, 0.25) is 0 Å². The molecule has 24 heavy (non-hydrogen) atoms. The van der Waals surface area contributed by atoms with E-state index in [1.807, 2.05) is 31.2 Å². The zero-order chi connectivity index (χ0) is 17.9. The maximum Gasteiger partial charge on any atom is 0.336 e. The molecule has 0 spiro atoms. The summed E-state index contributed by atoms with van der Waals surface area (Å²) in [5.41, 5.74) is 1.88. The summed E-state index contributed by atoms with van der Waals surface area (Å²) in [4.78, 5) is 12.5. The second-order valence-electron chi connectivity index (χ2n) is 7.61. The molecular formula is C21H30O3. The third-order valence-electron chi connectivity index (χ3n) is 5.21. The van der Waals surface area contributed by atoms with E-state index in [1.165, 1.54) is 6.42 Å². The van der Waals surface area contributed by atoms with Crippen LogP contribution in [0.4, 0.5) is 0 Å². The lowest BCUT2D eigenvalue weighted by Gasteiger charge is -2.37. The maximum absolute atomic E-state index is 12.5. The molecule has 1 aliphatic carbocycles. The van der Waals surface area contributed by atoms with Gasteiger partial charge in [-0.25, -0.2) is 4.79 Å². The first-order chi connectivity index (χ1) is 11.3. The van der Waals surface area contributed by atoms with Crippen LogP contribution < -0.4 is 0 Å². The Kier molecular flexibility index (Phi) is 6.22. The lowest BCUT2D eigenvalue weighted by Crippen LogP contribution is -2.36. The van der Waals surface area contributed by atoms with Crippen molar-refractivity contribution >= 4 is 5.97 Å². The van der Waals surface area contributed by atoms with E-state index in [9.17, 15) is 9.90 Å². The van der Waals surface area contributed by atoms with Crippen LogP contribution >= 0.6 is 0 Å². The summed E-state index contributed by atoms with van der Waals surface area (Å²) in [6, 6.07) is 7.46. The molecule has 1 N–H and O–H groups in total. The molecule has 0 bridgehead atoms. The lowest BCUT2D eigenvalue weighted by atomic mass is 9.75. The van der Waals surface area contributed by atoms with Crippen LogP contribution in [0, 0.1) is 24.7 Å². The lowest BCUT2D eigenvalue weighted by molar-refractivity contribution is -0.152. The summed E-state index contributed by atoms with van der Waals surface area (Å²) in [6.45, 7) is 12.3. The Morgan fingerprint density at radius 3 is 2.46 bits per heavy atom. The largest absolute Gasteiger partial charge is 0.459 e. The molecule has 1 fully saturated rings. The molecule has 0 aliphatic heterocycles. The first-order valence-electron chi connectivity index (χ1n) is 8.94. The Labute approximate surface area is 145 Å². The number of rotatable bonds is 5. The van der Waals surface area contributed by atoms with E-state index < -0.39 is 12.1 Å². The minimum Gasteiger partial charge on any atom is -0.459 e. The van der Waals surface area contributed by atoms with Crippen LogP contribution in [-0.4, -0.2) is 17.2 Å². The number of aryl methyl sites for hydroxylation is 1. The Morgan fingerprint density at radius 1 is 1.25 bits per heavy atom. The summed E-state index contributed by atoms with van der Waals surface area (Å²) in [6.07, 6.45) is 2.07. The van der Waals surface area contributed by atoms with E-state index >= 15 is 0 Å². The summed E-state index contributed by atoms with van der Waals surface area (Å²) in [5, 5.41) is 10.4. The minimum absolute atomic E-state index is 0.0804. The molecule has 132 valence electrons. The van der Waals surface area contributed by atoms with Gasteiger partial charge in [0.1, 0.15) is 12.2 Å². The topological polar surface area (TPSA) is 46.5 Å². The van der Waals surface area contributed by atoms with Crippen molar-refractivity contribution in [3.8, 4) is 0 Å². The van der Waals surface area contributed by atoms with Crippen LogP contribution in [0.1, 0.15) is 57.3 Å². The number of hydrogen-bond acceptors (Lipinski definition) is 3. The molecule has 1 saturated carbocycles. The molecule has 0 radical (unpaired) electrons. The number of carbonyl (C=O) groups is 1. The van der Waals surface area contributed by atoms with Crippen molar-refractivity contribution in [2.45, 2.75) is 59.2 Å². The normalized spacial score (nSPS) is 25.3. The van der Waals surface area contributed by atoms with Gasteiger partial charge < -0.3 is 9.84 Å². The molecule has 3 heteroatoms. The van der Waals surface area contributed by atoms with E-state index in [4.69, 9.17) is 4.74 Å². The van der Waals surface area contributed by atoms with Crippen LogP contribution in [0.5, 0.6) is 0 Å². The highest BCUT2D eigenvalue weighted by atomic mass is 16.5. The number of esters is 1. The summed E-state index contributed by atoms with van der Waals surface area (Å²) < 4.78 is 5.77. The highest BCUT2D eigenvalue weighted by molar-refractivity contribution is 5.89. The Balaban J connectivity index is 2.04. The highest BCUT2D eigenvalue weighted by Gasteiger charge is 2.34. The fraction of sp³-hybridized carbons (Fsp3) is 0.571. The predicted octanol–water partition coefficient (Wildman–Crippen LogP) is 4.59. The van der Waals surface area contributed by atoms with Gasteiger partial charge in [-0.15, -0.1) is 0 Å². The molecule has 0 unspecified atom stereocenters. The maximum atomic E-state index is 12.5. The minimum atomic E-state index is -1.02. The molecule has 0 aromatic heterocycles. The Morgan fingerprint density at radius 2 is 1.88 bits per heavy atom. The summed E-state index contributed by atoms with van der Waals surface area (Å²) >= 11 is 0. The van der Waals surface area contributed by atoms with Crippen LogP contribution in [0.25, 0.3) is 0 Å². The van der Waals surface area contributed by atoms with Crippen molar-refractivity contribution in [1.29, 1.82) is 0 Å². The number of carbonyl (C=O) groups excluding carboxylic acids is 1. The first kappa shape index (κ1) is 18.7. The van der Waals surface area contributed by atoms with Gasteiger partial charge in [0, 0.05) is 0 Å². The quantitative estimate of drug-likeness (QED) is 0.634. The molecule has 4 atom stereocenters. The third-order valence-corrected chi connectivity index (χ3v) is 5.21. The van der Waals surface area contributed by atoms with Crippen molar-refractivity contribution in [3.63, 3.8) is 0 Å². The molecule has 0 amide bonds. The number of hydrogen-bond donors (Lipinski definition) is 1. The summed E-state index contributed by atoms with van der Waals surface area (Å²) in [5.74, 6) is 0.945. The smallest absolute Gasteiger partial charge is 0.336 e. The van der Waals surface area contributed by atoms with Gasteiger partial charge in [0.05, 0.1) is 5.57 Å². The van der Waals surface area contributed by atoms with Crippen molar-refractivity contribution in [3.05, 3.63) is 47.5 Å². The number of aliphatic hydroxyl groups excluding tert-OH is 1. The van der Waals surface area contributed by atoms with E-state index in [0.717, 1.165) is 18.4 Å². The molecule has 2 rings (SSSR count). The van der Waals surface area contributed by atoms with Crippen molar-refractivity contribution in [2.75, 3.05) is 0 Å². The van der Waals surface area contributed by atoms with Gasteiger partial charge >= 0.3 is 5.97 Å². The van der Waals surface area contributed by atoms with Crippen LogP contribution in [0.3, 0.4) is 0 Å². The number of ether oxygens (including phenoxy) is 1. The molecule has 3 nitrogen and oxygen atoms in total. The van der Waals surface area contributed by atoms with Crippen molar-refractivity contribution in [2.24, 2.45) is 17.8 Å². The monoisotopic (exact) mass is 330 g/mol. The van der Waals surface area contributed by atoms with Crippen molar-refractivity contribution in [1.82, 2.24) is 0 Å². The van der Waals surface area contributed by atoms with Crippen LogP contribution in [0.15, 0.2) is 36.4 Å².